The van der Waals surface area contributed by atoms with Crippen LogP contribution in [0.3, 0.4) is 0 Å². The second-order valence-electron chi connectivity index (χ2n) is 5.87. The monoisotopic (exact) mass is 331 g/mol. The highest BCUT2D eigenvalue weighted by molar-refractivity contribution is 6.30. The summed E-state index contributed by atoms with van der Waals surface area (Å²) >= 11 is 5.95. The number of aromatic nitrogens is 1. The van der Waals surface area contributed by atoms with E-state index in [0.717, 1.165) is 24.2 Å². The normalized spacial score (nSPS) is 10.6. The first-order chi connectivity index (χ1) is 11.0. The van der Waals surface area contributed by atoms with Crippen LogP contribution in [-0.2, 0) is 6.42 Å². The summed E-state index contributed by atoms with van der Waals surface area (Å²) in [7, 11) is 0. The lowest BCUT2D eigenvalue weighted by Crippen LogP contribution is -2.26. The van der Waals surface area contributed by atoms with Crippen molar-refractivity contribution in [1.82, 2.24) is 10.3 Å². The van der Waals surface area contributed by atoms with E-state index in [1.165, 1.54) is 0 Å². The molecule has 2 N–H and O–H groups in total. The minimum absolute atomic E-state index is 0.118. The van der Waals surface area contributed by atoms with Crippen LogP contribution >= 0.6 is 11.6 Å². The molecule has 2 rings (SSSR count). The number of rotatable bonds is 7. The van der Waals surface area contributed by atoms with E-state index < -0.39 is 0 Å². The first-order valence-electron chi connectivity index (χ1n) is 7.76. The molecule has 2 aromatic rings. The van der Waals surface area contributed by atoms with Crippen LogP contribution in [0.4, 0.5) is 5.69 Å². The zero-order chi connectivity index (χ0) is 16.7. The smallest absolute Gasteiger partial charge is 0.252 e. The summed E-state index contributed by atoms with van der Waals surface area (Å²) in [4.78, 5) is 16.3. The fraction of sp³-hybridized carbons (Fsp3) is 0.333. The Balaban J connectivity index is 1.86. The first kappa shape index (κ1) is 17.3. The predicted molar refractivity (Wildman–Crippen MR) is 95.1 cm³/mol. The van der Waals surface area contributed by atoms with Gasteiger partial charge in [0.15, 0.2) is 0 Å². The molecule has 1 heterocycles. The number of benzene rings is 1. The predicted octanol–water partition coefficient (Wildman–Crippen LogP) is 3.78. The van der Waals surface area contributed by atoms with Gasteiger partial charge in [0, 0.05) is 30.5 Å². The lowest BCUT2D eigenvalue weighted by atomic mass is 10.1. The SMILES string of the molecule is CC(C)CNc1cncc(C(=O)NCCc2cccc(Cl)c2)c1. The Morgan fingerprint density at radius 3 is 2.83 bits per heavy atom. The summed E-state index contributed by atoms with van der Waals surface area (Å²) in [6, 6.07) is 9.48. The van der Waals surface area contributed by atoms with Crippen LogP contribution in [0.15, 0.2) is 42.7 Å². The van der Waals surface area contributed by atoms with Crippen LogP contribution in [0.5, 0.6) is 0 Å². The molecule has 122 valence electrons. The van der Waals surface area contributed by atoms with Crippen LogP contribution in [-0.4, -0.2) is 24.0 Å². The molecule has 1 aromatic carbocycles. The third-order valence-corrected chi connectivity index (χ3v) is 3.54. The molecule has 1 aromatic heterocycles. The zero-order valence-corrected chi connectivity index (χ0v) is 14.2. The number of hydrogen-bond donors (Lipinski definition) is 2. The molecule has 23 heavy (non-hydrogen) atoms. The largest absolute Gasteiger partial charge is 0.384 e. The number of nitrogens with one attached hydrogen (secondary N) is 2. The quantitative estimate of drug-likeness (QED) is 0.812. The van der Waals surface area contributed by atoms with Crippen molar-refractivity contribution in [2.24, 2.45) is 5.92 Å². The van der Waals surface area contributed by atoms with Crippen molar-refractivity contribution in [2.45, 2.75) is 20.3 Å². The van der Waals surface area contributed by atoms with E-state index in [1.54, 1.807) is 12.4 Å². The summed E-state index contributed by atoms with van der Waals surface area (Å²) in [6.45, 7) is 5.67. The van der Waals surface area contributed by atoms with Gasteiger partial charge in [-0.1, -0.05) is 37.6 Å². The average Bonchev–Trinajstić information content (AvgIpc) is 2.53. The van der Waals surface area contributed by atoms with Gasteiger partial charge in [0.05, 0.1) is 11.3 Å². The highest BCUT2D eigenvalue weighted by Gasteiger charge is 2.07. The number of carbonyl (C=O) groups excluding carboxylic acids is 1. The topological polar surface area (TPSA) is 54.0 Å². The first-order valence-corrected chi connectivity index (χ1v) is 8.14. The van der Waals surface area contributed by atoms with E-state index in [-0.39, 0.29) is 5.91 Å². The Bertz CT molecular complexity index is 658. The molecular weight excluding hydrogens is 310 g/mol. The second-order valence-corrected chi connectivity index (χ2v) is 6.31. The number of amides is 1. The molecule has 0 spiro atoms. The summed E-state index contributed by atoms with van der Waals surface area (Å²) in [5.41, 5.74) is 2.52. The lowest BCUT2D eigenvalue weighted by molar-refractivity contribution is 0.0954. The van der Waals surface area contributed by atoms with Crippen LogP contribution in [0.2, 0.25) is 5.02 Å². The maximum absolute atomic E-state index is 12.2. The molecule has 1 amide bonds. The Labute approximate surface area is 142 Å². The van der Waals surface area contributed by atoms with Crippen LogP contribution < -0.4 is 10.6 Å². The third kappa shape index (κ3) is 5.91. The molecule has 0 saturated carbocycles. The van der Waals surface area contributed by atoms with Crippen molar-refractivity contribution in [3.8, 4) is 0 Å². The van der Waals surface area contributed by atoms with Gasteiger partial charge in [0.2, 0.25) is 0 Å². The van der Waals surface area contributed by atoms with E-state index in [0.29, 0.717) is 23.0 Å². The number of nitrogens with zero attached hydrogens (tertiary/aromatic N) is 1. The molecule has 0 atom stereocenters. The average molecular weight is 332 g/mol. The fourth-order valence-electron chi connectivity index (χ4n) is 2.10. The van der Waals surface area contributed by atoms with Crippen LogP contribution in [0.1, 0.15) is 29.8 Å². The van der Waals surface area contributed by atoms with Gasteiger partial charge in [-0.2, -0.15) is 0 Å². The van der Waals surface area contributed by atoms with Crippen LogP contribution in [0, 0.1) is 5.92 Å². The third-order valence-electron chi connectivity index (χ3n) is 3.30. The summed E-state index contributed by atoms with van der Waals surface area (Å²) in [5.74, 6) is 0.415. The minimum atomic E-state index is -0.118. The number of halogens is 1. The maximum Gasteiger partial charge on any atom is 0.252 e. The van der Waals surface area contributed by atoms with Gasteiger partial charge < -0.3 is 10.6 Å². The van der Waals surface area contributed by atoms with E-state index >= 15 is 0 Å². The Morgan fingerprint density at radius 1 is 1.26 bits per heavy atom. The van der Waals surface area contributed by atoms with Crippen molar-refractivity contribution in [2.75, 3.05) is 18.4 Å². The lowest BCUT2D eigenvalue weighted by Gasteiger charge is -2.10. The molecule has 4 nitrogen and oxygen atoms in total. The molecule has 0 radical (unpaired) electrons. The van der Waals surface area contributed by atoms with E-state index in [1.807, 2.05) is 30.3 Å². The van der Waals surface area contributed by atoms with Gasteiger partial charge in [0.25, 0.3) is 5.91 Å². The molecule has 0 saturated heterocycles. The number of pyridine rings is 1. The Kier molecular flexibility index (Phi) is 6.41. The van der Waals surface area contributed by atoms with Crippen LogP contribution in [0.25, 0.3) is 0 Å². The van der Waals surface area contributed by atoms with Crippen molar-refractivity contribution in [1.29, 1.82) is 0 Å². The van der Waals surface area contributed by atoms with Gasteiger partial charge in [0.1, 0.15) is 0 Å². The molecule has 5 heteroatoms. The highest BCUT2D eigenvalue weighted by atomic mass is 35.5. The molecule has 0 aliphatic rings. The molecule has 0 bridgehead atoms. The molecule has 0 aliphatic heterocycles. The van der Waals surface area contributed by atoms with Gasteiger partial charge in [-0.3, -0.25) is 9.78 Å². The van der Waals surface area contributed by atoms with Gasteiger partial charge in [-0.15, -0.1) is 0 Å². The summed E-state index contributed by atoms with van der Waals surface area (Å²) < 4.78 is 0. The standard InChI is InChI=1S/C18H22ClN3O/c1-13(2)10-22-17-9-15(11-20-12-17)18(23)21-7-6-14-4-3-5-16(19)8-14/h3-5,8-9,11-13,22H,6-7,10H2,1-2H3,(H,21,23). The molecular formula is C18H22ClN3O. The second kappa shape index (κ2) is 8.53. The summed E-state index contributed by atoms with van der Waals surface area (Å²) in [6.07, 6.45) is 4.05. The minimum Gasteiger partial charge on any atom is -0.384 e. The van der Waals surface area contributed by atoms with Gasteiger partial charge >= 0.3 is 0 Å². The van der Waals surface area contributed by atoms with Crippen molar-refractivity contribution < 1.29 is 4.79 Å². The maximum atomic E-state index is 12.2. The summed E-state index contributed by atoms with van der Waals surface area (Å²) in [5, 5.41) is 6.89. The van der Waals surface area contributed by atoms with Gasteiger partial charge in [-0.25, -0.2) is 0 Å². The number of carbonyl (C=O) groups is 1. The molecule has 0 unspecified atom stereocenters. The highest BCUT2D eigenvalue weighted by Crippen LogP contribution is 2.11. The van der Waals surface area contributed by atoms with Crippen molar-refractivity contribution >= 4 is 23.2 Å². The van der Waals surface area contributed by atoms with Crippen molar-refractivity contribution in [3.63, 3.8) is 0 Å². The molecule has 0 aliphatic carbocycles. The zero-order valence-electron chi connectivity index (χ0n) is 13.5. The Morgan fingerprint density at radius 2 is 2.09 bits per heavy atom. The number of anilines is 1. The molecule has 0 fully saturated rings. The van der Waals surface area contributed by atoms with E-state index in [2.05, 4.69) is 29.5 Å². The number of hydrogen-bond acceptors (Lipinski definition) is 3. The van der Waals surface area contributed by atoms with Crippen molar-refractivity contribution in [3.05, 3.63) is 58.9 Å². The van der Waals surface area contributed by atoms with E-state index in [4.69, 9.17) is 11.6 Å². The van der Waals surface area contributed by atoms with Gasteiger partial charge in [-0.05, 0) is 36.1 Å². The Hall–Kier alpha value is -2.07. The fourth-order valence-corrected chi connectivity index (χ4v) is 2.31. The van der Waals surface area contributed by atoms with E-state index in [9.17, 15) is 4.79 Å².